The van der Waals surface area contributed by atoms with Crippen LogP contribution in [-0.2, 0) is 9.84 Å². The summed E-state index contributed by atoms with van der Waals surface area (Å²) in [5, 5.41) is 10.8. The molecule has 5 aromatic rings. The molecule has 2 fully saturated rings. The molecule has 0 radical (unpaired) electrons. The van der Waals surface area contributed by atoms with Crippen molar-refractivity contribution in [1.82, 2.24) is 39.7 Å². The number of halogens is 2. The molecule has 220 valence electrons. The highest BCUT2D eigenvalue weighted by atomic mass is 32.2. The van der Waals surface area contributed by atoms with E-state index < -0.39 is 21.5 Å². The van der Waals surface area contributed by atoms with Crippen LogP contribution in [0.2, 0.25) is 0 Å². The third kappa shape index (κ3) is 4.50. The van der Waals surface area contributed by atoms with Crippen molar-refractivity contribution in [3.05, 3.63) is 72.2 Å². The molecule has 6 heterocycles. The number of carbonyl (C=O) groups excluding carboxylic acids is 1. The minimum absolute atomic E-state index is 0.0485. The number of nitrogens with two attached hydrogens (primary N) is 1. The predicted octanol–water partition coefficient (Wildman–Crippen LogP) is 3.39. The quantitative estimate of drug-likeness (QED) is 0.305. The van der Waals surface area contributed by atoms with Gasteiger partial charge in [-0.1, -0.05) is 6.07 Å². The molecule has 0 spiro atoms. The molecule has 43 heavy (non-hydrogen) atoms. The highest BCUT2D eigenvalue weighted by Gasteiger charge is 2.46. The first-order valence-electron chi connectivity index (χ1n) is 13.6. The third-order valence-corrected chi connectivity index (χ3v) is 9.46. The fraction of sp³-hybridized carbons (Fsp3) is 0.286. The number of hydrogen-bond acceptors (Lipinski definition) is 9. The summed E-state index contributed by atoms with van der Waals surface area (Å²) in [7, 11) is -3.80. The fourth-order valence-electron chi connectivity index (χ4n) is 6.42. The molecule has 4 aromatic heterocycles. The first-order chi connectivity index (χ1) is 20.6. The number of nitrogens with zero attached hydrogens (tertiary/aromatic N) is 7. The smallest absolute Gasteiger partial charge is 0.291 e. The second-order valence-electron chi connectivity index (χ2n) is 10.9. The molecule has 15 heteroatoms. The maximum atomic E-state index is 13.8. The molecule has 1 aromatic carbocycles. The van der Waals surface area contributed by atoms with E-state index in [0.717, 1.165) is 31.2 Å². The van der Waals surface area contributed by atoms with Gasteiger partial charge >= 0.3 is 0 Å². The normalized spacial score (nSPS) is 20.2. The van der Waals surface area contributed by atoms with Crippen molar-refractivity contribution in [2.24, 2.45) is 0 Å². The Morgan fingerprint density at radius 3 is 2.40 bits per heavy atom. The van der Waals surface area contributed by atoms with Gasteiger partial charge in [-0.3, -0.25) is 14.9 Å². The number of carbonyl (C=O) groups is 1. The highest BCUT2D eigenvalue weighted by molar-refractivity contribution is 7.91. The molecule has 2 saturated heterocycles. The lowest BCUT2D eigenvalue weighted by Crippen LogP contribution is -2.46. The summed E-state index contributed by atoms with van der Waals surface area (Å²) < 4.78 is 54.6. The SMILES string of the molecule is CS(=O)(=O)c1c(C2CC3CC[C@@H](C2)N3C(=O)c2ncn[nH]2)nc2c(-c3ccc(-c4ccc(F)c(F)c4)nc3)cnn2c1N. The first kappa shape index (κ1) is 27.1. The van der Waals surface area contributed by atoms with Gasteiger partial charge in [0.25, 0.3) is 5.91 Å². The number of benzene rings is 1. The zero-order valence-corrected chi connectivity index (χ0v) is 23.6. The Kier molecular flexibility index (Phi) is 6.23. The predicted molar refractivity (Wildman–Crippen MR) is 150 cm³/mol. The second-order valence-corrected chi connectivity index (χ2v) is 12.9. The summed E-state index contributed by atoms with van der Waals surface area (Å²) in [5.74, 6) is -2.30. The van der Waals surface area contributed by atoms with Crippen LogP contribution in [0, 0.1) is 11.6 Å². The number of nitrogens with one attached hydrogen (secondary N) is 1. The molecule has 2 aliphatic heterocycles. The average molecular weight is 606 g/mol. The van der Waals surface area contributed by atoms with Gasteiger partial charge in [-0.05, 0) is 49.9 Å². The van der Waals surface area contributed by atoms with Crippen molar-refractivity contribution in [3.8, 4) is 22.4 Å². The molecule has 0 aliphatic carbocycles. The minimum atomic E-state index is -3.80. The number of amides is 1. The van der Waals surface area contributed by atoms with Crippen LogP contribution < -0.4 is 5.73 Å². The maximum Gasteiger partial charge on any atom is 0.291 e. The minimum Gasteiger partial charge on any atom is -0.382 e. The van der Waals surface area contributed by atoms with Gasteiger partial charge in [-0.2, -0.15) is 14.7 Å². The van der Waals surface area contributed by atoms with E-state index >= 15 is 0 Å². The van der Waals surface area contributed by atoms with Crippen molar-refractivity contribution in [1.29, 1.82) is 0 Å². The van der Waals surface area contributed by atoms with E-state index in [1.54, 1.807) is 18.3 Å². The van der Waals surface area contributed by atoms with Gasteiger partial charge in [-0.15, -0.1) is 0 Å². The summed E-state index contributed by atoms with van der Waals surface area (Å²) in [6.07, 6.45) is 8.05. The van der Waals surface area contributed by atoms with Gasteiger partial charge in [0.2, 0.25) is 5.82 Å². The number of anilines is 1. The monoisotopic (exact) mass is 605 g/mol. The van der Waals surface area contributed by atoms with Gasteiger partial charge in [0, 0.05) is 47.1 Å². The van der Waals surface area contributed by atoms with E-state index in [1.165, 1.54) is 23.1 Å². The largest absolute Gasteiger partial charge is 0.382 e. The van der Waals surface area contributed by atoms with Gasteiger partial charge in [0.15, 0.2) is 27.1 Å². The topological polar surface area (TPSA) is 165 Å². The van der Waals surface area contributed by atoms with E-state index in [0.29, 0.717) is 46.6 Å². The number of hydrogen-bond donors (Lipinski definition) is 2. The average Bonchev–Trinajstić information content (AvgIpc) is 3.72. The molecule has 2 bridgehead atoms. The third-order valence-electron chi connectivity index (χ3n) is 8.30. The molecular weight excluding hydrogens is 580 g/mol. The van der Waals surface area contributed by atoms with Gasteiger partial charge in [-0.25, -0.2) is 27.2 Å². The number of aromatic nitrogens is 7. The van der Waals surface area contributed by atoms with Gasteiger partial charge in [0.1, 0.15) is 17.0 Å². The Balaban J connectivity index is 1.27. The van der Waals surface area contributed by atoms with E-state index in [4.69, 9.17) is 10.7 Å². The zero-order chi connectivity index (χ0) is 30.0. The standard InChI is InChI=1S/C28H25F2N9O3S/c1-43(41,42)24-23(16-8-17-4-5-18(9-16)38(17)28(40)26-33-13-34-37-26)36-27-19(12-35-39(27)25(24)31)15-3-7-22(32-11-15)14-2-6-20(29)21(30)10-14/h2-3,6-7,10-13,16-18H,4-5,8-9,31H2,1H3,(H,33,34,37)/t16?,17-,18?/m0/s1. The van der Waals surface area contributed by atoms with Crippen LogP contribution in [0.1, 0.15) is 47.9 Å². The number of rotatable bonds is 5. The Morgan fingerprint density at radius 2 is 1.77 bits per heavy atom. The molecule has 3 atom stereocenters. The van der Waals surface area contributed by atoms with Crippen LogP contribution in [-0.4, -0.2) is 72.3 Å². The van der Waals surface area contributed by atoms with Crippen molar-refractivity contribution < 1.29 is 22.0 Å². The van der Waals surface area contributed by atoms with E-state index in [-0.39, 0.29) is 40.4 Å². The molecular formula is C28H25F2N9O3S. The summed E-state index contributed by atoms with van der Waals surface area (Å²) >= 11 is 0. The number of fused-ring (bicyclic) bond motifs is 3. The summed E-state index contributed by atoms with van der Waals surface area (Å²) in [6, 6.07) is 6.73. The number of piperidine rings is 1. The van der Waals surface area contributed by atoms with Crippen LogP contribution in [0.25, 0.3) is 28.0 Å². The summed E-state index contributed by atoms with van der Waals surface area (Å²) in [4.78, 5) is 28.2. The fourth-order valence-corrected chi connectivity index (χ4v) is 7.48. The van der Waals surface area contributed by atoms with Crippen molar-refractivity contribution in [2.45, 2.75) is 48.6 Å². The number of aromatic amines is 1. The van der Waals surface area contributed by atoms with Crippen LogP contribution in [0.5, 0.6) is 0 Å². The van der Waals surface area contributed by atoms with Crippen molar-refractivity contribution in [2.75, 3.05) is 12.0 Å². The maximum absolute atomic E-state index is 13.8. The lowest BCUT2D eigenvalue weighted by Gasteiger charge is -2.38. The summed E-state index contributed by atoms with van der Waals surface area (Å²) in [6.45, 7) is 0. The number of sulfone groups is 1. The summed E-state index contributed by atoms with van der Waals surface area (Å²) in [5.41, 5.74) is 9.22. The van der Waals surface area contributed by atoms with Crippen LogP contribution in [0.15, 0.2) is 53.9 Å². The number of pyridine rings is 1. The molecule has 2 unspecified atom stereocenters. The molecule has 7 rings (SSSR count). The Morgan fingerprint density at radius 1 is 1.02 bits per heavy atom. The molecule has 0 saturated carbocycles. The number of H-pyrrole nitrogens is 1. The zero-order valence-electron chi connectivity index (χ0n) is 22.8. The molecule has 12 nitrogen and oxygen atoms in total. The van der Waals surface area contributed by atoms with Gasteiger partial charge in [0.05, 0.1) is 17.6 Å². The lowest BCUT2D eigenvalue weighted by molar-refractivity contribution is 0.0556. The van der Waals surface area contributed by atoms with Crippen LogP contribution in [0.3, 0.4) is 0 Å². The van der Waals surface area contributed by atoms with Crippen molar-refractivity contribution >= 4 is 27.2 Å². The van der Waals surface area contributed by atoms with E-state index in [2.05, 4.69) is 25.3 Å². The van der Waals surface area contributed by atoms with Crippen LogP contribution >= 0.6 is 0 Å². The Bertz CT molecular complexity index is 1980. The second kappa shape index (κ2) is 9.90. The van der Waals surface area contributed by atoms with Crippen LogP contribution in [0.4, 0.5) is 14.6 Å². The van der Waals surface area contributed by atoms with Crippen molar-refractivity contribution in [3.63, 3.8) is 0 Å². The van der Waals surface area contributed by atoms with Gasteiger partial charge < -0.3 is 10.6 Å². The van der Waals surface area contributed by atoms with E-state index in [1.807, 2.05) is 4.90 Å². The molecule has 3 N–H and O–H groups in total. The number of nitrogen functional groups attached to an aromatic ring is 1. The Labute approximate surface area is 243 Å². The molecule has 1 amide bonds. The highest BCUT2D eigenvalue weighted by Crippen LogP contribution is 2.45. The first-order valence-corrected chi connectivity index (χ1v) is 15.5. The molecule has 2 aliphatic rings. The van der Waals surface area contributed by atoms with E-state index in [9.17, 15) is 22.0 Å². The Hall–Kier alpha value is -4.79. The lowest BCUT2D eigenvalue weighted by atomic mass is 9.87.